The minimum absolute atomic E-state index is 0.552. The van der Waals surface area contributed by atoms with Crippen molar-refractivity contribution in [2.45, 2.75) is 0 Å². The molecule has 0 unspecified atom stereocenters. The van der Waals surface area contributed by atoms with Crippen molar-refractivity contribution < 1.29 is 4.42 Å². The van der Waals surface area contributed by atoms with Crippen LogP contribution in [-0.4, -0.2) is 19.7 Å². The van der Waals surface area contributed by atoms with Crippen LogP contribution in [-0.2, 0) is 7.05 Å². The summed E-state index contributed by atoms with van der Waals surface area (Å²) >= 11 is 0. The van der Waals surface area contributed by atoms with Gasteiger partial charge in [0.25, 0.3) is 0 Å². The zero-order valence-electron chi connectivity index (χ0n) is 8.08. The Balaban J connectivity index is 2.19. The highest BCUT2D eigenvalue weighted by Crippen LogP contribution is 2.21. The first kappa shape index (κ1) is 8.16. The second kappa shape index (κ2) is 2.91. The Morgan fingerprint density at radius 1 is 1.40 bits per heavy atom. The molecule has 0 saturated carbocycles. The lowest BCUT2D eigenvalue weighted by atomic mass is 10.4. The third-order valence-corrected chi connectivity index (χ3v) is 2.12. The van der Waals surface area contributed by atoms with E-state index in [1.165, 1.54) is 0 Å². The van der Waals surface area contributed by atoms with Crippen molar-refractivity contribution in [3.63, 3.8) is 0 Å². The summed E-state index contributed by atoms with van der Waals surface area (Å²) in [4.78, 5) is 8.39. The number of hydrogen-bond acceptors (Lipinski definition) is 4. The lowest BCUT2D eigenvalue weighted by molar-refractivity contribution is 0.607. The van der Waals surface area contributed by atoms with Crippen LogP contribution in [0, 0.1) is 0 Å². The molecule has 3 aromatic heterocycles. The molecule has 3 heterocycles. The van der Waals surface area contributed by atoms with E-state index in [0.717, 1.165) is 11.1 Å². The molecule has 0 aromatic carbocycles. The van der Waals surface area contributed by atoms with Crippen molar-refractivity contribution in [3.05, 3.63) is 30.7 Å². The van der Waals surface area contributed by atoms with E-state index in [0.29, 0.717) is 11.6 Å². The van der Waals surface area contributed by atoms with Crippen molar-refractivity contribution in [3.8, 4) is 11.5 Å². The molecule has 0 N–H and O–H groups in total. The summed E-state index contributed by atoms with van der Waals surface area (Å²) in [5.41, 5.74) is 2.17. The van der Waals surface area contributed by atoms with Crippen LogP contribution in [0.5, 0.6) is 0 Å². The van der Waals surface area contributed by atoms with Crippen molar-refractivity contribution >= 4 is 11.2 Å². The van der Waals surface area contributed by atoms with Crippen LogP contribution in [0.1, 0.15) is 0 Å². The number of pyridine rings is 1. The molecule has 0 aliphatic heterocycles. The van der Waals surface area contributed by atoms with E-state index < -0.39 is 0 Å². The van der Waals surface area contributed by atoms with Crippen LogP contribution < -0.4 is 0 Å². The average Bonchev–Trinajstić information content (AvgIpc) is 2.82. The molecule has 0 aliphatic carbocycles. The van der Waals surface area contributed by atoms with Crippen LogP contribution in [0.4, 0.5) is 0 Å². The first-order valence-electron chi connectivity index (χ1n) is 4.53. The van der Waals surface area contributed by atoms with Gasteiger partial charge in [-0.2, -0.15) is 5.10 Å². The van der Waals surface area contributed by atoms with E-state index >= 15 is 0 Å². The normalized spacial score (nSPS) is 11.0. The molecule has 74 valence electrons. The molecule has 15 heavy (non-hydrogen) atoms. The lowest BCUT2D eigenvalue weighted by Gasteiger charge is -1.84. The van der Waals surface area contributed by atoms with Crippen LogP contribution in [0.2, 0.25) is 0 Å². The second-order valence-corrected chi connectivity index (χ2v) is 3.25. The Labute approximate surface area is 85.4 Å². The van der Waals surface area contributed by atoms with Gasteiger partial charge in [-0.15, -0.1) is 0 Å². The van der Waals surface area contributed by atoms with Crippen molar-refractivity contribution in [1.82, 2.24) is 19.7 Å². The summed E-state index contributed by atoms with van der Waals surface area (Å²) in [6, 6.07) is 3.70. The summed E-state index contributed by atoms with van der Waals surface area (Å²) in [5.74, 6) is 0.553. The standard InChI is InChI=1S/C10H8N4O/c1-14-6-7(5-12-14)9-13-8-3-2-4-11-10(8)15-9/h2-6H,1H3. The Kier molecular flexibility index (Phi) is 1.58. The maximum absolute atomic E-state index is 5.49. The zero-order valence-corrected chi connectivity index (χ0v) is 8.08. The fourth-order valence-electron chi connectivity index (χ4n) is 1.42. The lowest BCUT2D eigenvalue weighted by Crippen LogP contribution is -1.84. The van der Waals surface area contributed by atoms with Crippen molar-refractivity contribution in [1.29, 1.82) is 0 Å². The van der Waals surface area contributed by atoms with Crippen LogP contribution >= 0.6 is 0 Å². The molecule has 0 atom stereocenters. The largest absolute Gasteiger partial charge is 0.418 e. The fourth-order valence-corrected chi connectivity index (χ4v) is 1.42. The quantitative estimate of drug-likeness (QED) is 0.599. The van der Waals surface area contributed by atoms with Crippen LogP contribution in [0.25, 0.3) is 22.7 Å². The number of oxazole rings is 1. The number of fused-ring (bicyclic) bond motifs is 1. The molecular weight excluding hydrogens is 192 g/mol. The Hall–Kier alpha value is -2.17. The Bertz CT molecular complexity index is 577. The van der Waals surface area contributed by atoms with E-state index in [9.17, 15) is 0 Å². The summed E-state index contributed by atoms with van der Waals surface area (Å²) in [6.07, 6.45) is 5.25. The minimum Gasteiger partial charge on any atom is -0.418 e. The maximum Gasteiger partial charge on any atom is 0.247 e. The van der Waals surface area contributed by atoms with Gasteiger partial charge in [-0.3, -0.25) is 4.68 Å². The van der Waals surface area contributed by atoms with E-state index in [-0.39, 0.29) is 0 Å². The summed E-state index contributed by atoms with van der Waals surface area (Å²) in [7, 11) is 1.85. The van der Waals surface area contributed by atoms with E-state index in [2.05, 4.69) is 15.1 Å². The number of nitrogens with zero attached hydrogens (tertiary/aromatic N) is 4. The molecular formula is C10H8N4O. The monoisotopic (exact) mass is 200 g/mol. The van der Waals surface area contributed by atoms with Gasteiger partial charge in [0.15, 0.2) is 0 Å². The molecule has 0 fully saturated rings. The van der Waals surface area contributed by atoms with Gasteiger partial charge in [0.1, 0.15) is 5.52 Å². The molecule has 0 saturated heterocycles. The molecule has 0 aliphatic rings. The van der Waals surface area contributed by atoms with Crippen LogP contribution in [0.15, 0.2) is 35.1 Å². The molecule has 5 nitrogen and oxygen atoms in total. The second-order valence-electron chi connectivity index (χ2n) is 3.25. The zero-order chi connectivity index (χ0) is 10.3. The number of hydrogen-bond donors (Lipinski definition) is 0. The molecule has 3 rings (SSSR count). The van der Waals surface area contributed by atoms with Gasteiger partial charge in [0.05, 0.1) is 11.8 Å². The molecule has 0 amide bonds. The van der Waals surface area contributed by atoms with Gasteiger partial charge >= 0.3 is 0 Å². The highest BCUT2D eigenvalue weighted by atomic mass is 16.4. The van der Waals surface area contributed by atoms with Crippen molar-refractivity contribution in [2.75, 3.05) is 0 Å². The van der Waals surface area contributed by atoms with E-state index in [4.69, 9.17) is 4.42 Å². The third-order valence-electron chi connectivity index (χ3n) is 2.12. The van der Waals surface area contributed by atoms with Gasteiger partial charge in [-0.05, 0) is 12.1 Å². The van der Waals surface area contributed by atoms with E-state index in [1.54, 1.807) is 17.1 Å². The number of aromatic nitrogens is 4. The smallest absolute Gasteiger partial charge is 0.247 e. The van der Waals surface area contributed by atoms with E-state index in [1.807, 2.05) is 25.4 Å². The van der Waals surface area contributed by atoms with Gasteiger partial charge in [0.2, 0.25) is 11.6 Å². The summed E-state index contributed by atoms with van der Waals surface area (Å²) in [5, 5.41) is 4.06. The predicted octanol–water partition coefficient (Wildman–Crippen LogP) is 1.62. The van der Waals surface area contributed by atoms with Gasteiger partial charge in [-0.25, -0.2) is 9.97 Å². The summed E-state index contributed by atoms with van der Waals surface area (Å²) < 4.78 is 7.20. The first-order chi connectivity index (χ1) is 7.33. The Morgan fingerprint density at radius 2 is 2.33 bits per heavy atom. The predicted molar refractivity (Wildman–Crippen MR) is 54.0 cm³/mol. The molecule has 3 aromatic rings. The minimum atomic E-state index is 0.552. The van der Waals surface area contributed by atoms with Crippen molar-refractivity contribution in [2.24, 2.45) is 7.05 Å². The first-order valence-corrected chi connectivity index (χ1v) is 4.53. The van der Waals surface area contributed by atoms with Gasteiger partial charge in [0, 0.05) is 19.4 Å². The fraction of sp³-hybridized carbons (Fsp3) is 0.100. The Morgan fingerprint density at radius 3 is 3.07 bits per heavy atom. The molecule has 5 heteroatoms. The summed E-state index contributed by atoms with van der Waals surface area (Å²) in [6.45, 7) is 0. The van der Waals surface area contributed by atoms with Crippen LogP contribution in [0.3, 0.4) is 0 Å². The molecule has 0 bridgehead atoms. The third kappa shape index (κ3) is 1.28. The average molecular weight is 200 g/mol. The topological polar surface area (TPSA) is 56.7 Å². The SMILES string of the molecule is Cn1cc(-c2nc3cccnc3o2)cn1. The molecule has 0 radical (unpaired) electrons. The highest BCUT2D eigenvalue weighted by Gasteiger charge is 2.09. The maximum atomic E-state index is 5.49. The highest BCUT2D eigenvalue weighted by molar-refractivity contribution is 5.71. The van der Waals surface area contributed by atoms with Gasteiger partial charge < -0.3 is 4.42 Å². The number of aryl methyl sites for hydroxylation is 1. The number of rotatable bonds is 1. The molecule has 0 spiro atoms. The van der Waals surface area contributed by atoms with Gasteiger partial charge in [-0.1, -0.05) is 0 Å².